The van der Waals surface area contributed by atoms with Crippen molar-refractivity contribution in [2.75, 3.05) is 31.1 Å². The molecule has 3 rings (SSSR count). The second-order valence-electron chi connectivity index (χ2n) is 4.99. The maximum atomic E-state index is 10.8. The fourth-order valence-electron chi connectivity index (χ4n) is 2.90. The topological polar surface area (TPSA) is 56.7 Å². The minimum absolute atomic E-state index is 0.248. The molecular weight excluding hydrogens is 230 g/mol. The van der Waals surface area contributed by atoms with Crippen LogP contribution in [0.2, 0.25) is 0 Å². The van der Waals surface area contributed by atoms with Crippen molar-refractivity contribution in [2.45, 2.75) is 18.9 Å². The van der Waals surface area contributed by atoms with Crippen molar-refractivity contribution in [1.29, 1.82) is 0 Å². The van der Waals surface area contributed by atoms with Crippen molar-refractivity contribution in [3.8, 4) is 0 Å². The molecule has 0 aliphatic carbocycles. The fraction of sp³-hybridized carbons (Fsp3) is 0.538. The zero-order chi connectivity index (χ0) is 12.5. The molecular formula is C13H17N3O2. The molecule has 2 aliphatic rings. The van der Waals surface area contributed by atoms with Gasteiger partial charge in [-0.3, -0.25) is 4.90 Å². The van der Waals surface area contributed by atoms with Gasteiger partial charge >= 0.3 is 5.97 Å². The average molecular weight is 247 g/mol. The highest BCUT2D eigenvalue weighted by molar-refractivity contribution is 5.87. The first-order chi connectivity index (χ1) is 8.74. The lowest BCUT2D eigenvalue weighted by molar-refractivity contribution is 0.0696. The first kappa shape index (κ1) is 11.5. The monoisotopic (exact) mass is 247 g/mol. The van der Waals surface area contributed by atoms with Crippen molar-refractivity contribution >= 4 is 11.8 Å². The van der Waals surface area contributed by atoms with E-state index in [1.165, 1.54) is 25.6 Å². The summed E-state index contributed by atoms with van der Waals surface area (Å²) in [6.07, 6.45) is 4.01. The van der Waals surface area contributed by atoms with E-state index in [1.807, 2.05) is 6.07 Å². The Balaban J connectivity index is 1.73. The van der Waals surface area contributed by atoms with Gasteiger partial charge in [-0.05, 0) is 31.5 Å². The van der Waals surface area contributed by atoms with Crippen LogP contribution in [0.4, 0.5) is 5.82 Å². The summed E-state index contributed by atoms with van der Waals surface area (Å²) in [6.45, 7) is 4.31. The van der Waals surface area contributed by atoms with Gasteiger partial charge in [0.15, 0.2) is 0 Å². The maximum Gasteiger partial charge on any atom is 0.337 e. The Morgan fingerprint density at radius 2 is 2.22 bits per heavy atom. The van der Waals surface area contributed by atoms with Crippen LogP contribution in [0.15, 0.2) is 18.3 Å². The van der Waals surface area contributed by atoms with E-state index in [-0.39, 0.29) is 5.56 Å². The summed E-state index contributed by atoms with van der Waals surface area (Å²) < 4.78 is 0. The number of anilines is 1. The van der Waals surface area contributed by atoms with Crippen LogP contribution >= 0.6 is 0 Å². The second-order valence-corrected chi connectivity index (χ2v) is 4.99. The predicted octanol–water partition coefficient (Wildman–Crippen LogP) is 1.06. The molecule has 2 saturated heterocycles. The van der Waals surface area contributed by atoms with E-state index in [1.54, 1.807) is 6.07 Å². The van der Waals surface area contributed by atoms with E-state index in [2.05, 4.69) is 14.8 Å². The Labute approximate surface area is 106 Å². The van der Waals surface area contributed by atoms with Gasteiger partial charge in [0.05, 0.1) is 5.56 Å². The molecule has 2 aliphatic heterocycles. The number of hydrogen-bond donors (Lipinski definition) is 1. The zero-order valence-corrected chi connectivity index (χ0v) is 10.2. The number of piperazine rings is 1. The van der Waals surface area contributed by atoms with Crippen molar-refractivity contribution < 1.29 is 9.90 Å². The third kappa shape index (κ3) is 2.06. The molecule has 5 heteroatoms. The molecule has 1 aromatic rings. The Kier molecular flexibility index (Phi) is 2.91. The Hall–Kier alpha value is -1.62. The molecule has 18 heavy (non-hydrogen) atoms. The van der Waals surface area contributed by atoms with Crippen LogP contribution in [0.5, 0.6) is 0 Å². The molecule has 0 bridgehead atoms. The number of carboxylic acids is 1. The summed E-state index contributed by atoms with van der Waals surface area (Å²) in [7, 11) is 0. The largest absolute Gasteiger partial charge is 0.478 e. The summed E-state index contributed by atoms with van der Waals surface area (Å²) in [4.78, 5) is 19.8. The van der Waals surface area contributed by atoms with Gasteiger partial charge in [0.2, 0.25) is 0 Å². The Bertz CT molecular complexity index is 446. The summed E-state index contributed by atoms with van der Waals surface area (Å²) >= 11 is 0. The molecule has 5 nitrogen and oxygen atoms in total. The first-order valence-corrected chi connectivity index (χ1v) is 6.42. The summed E-state index contributed by atoms with van der Waals surface area (Å²) in [6, 6.07) is 4.10. The Morgan fingerprint density at radius 3 is 2.94 bits per heavy atom. The van der Waals surface area contributed by atoms with Crippen LogP contribution in [0.3, 0.4) is 0 Å². The van der Waals surface area contributed by atoms with Crippen LogP contribution in [0.1, 0.15) is 23.2 Å². The van der Waals surface area contributed by atoms with Crippen molar-refractivity contribution in [2.24, 2.45) is 0 Å². The molecule has 3 heterocycles. The molecule has 0 aromatic carbocycles. The summed E-state index contributed by atoms with van der Waals surface area (Å²) in [5, 5.41) is 8.85. The van der Waals surface area contributed by atoms with Crippen LogP contribution in [-0.4, -0.2) is 53.2 Å². The number of pyridine rings is 1. The highest BCUT2D eigenvalue weighted by atomic mass is 16.4. The lowest BCUT2D eigenvalue weighted by Gasteiger charge is -2.38. The van der Waals surface area contributed by atoms with Gasteiger partial charge in [0.25, 0.3) is 0 Å². The van der Waals surface area contributed by atoms with E-state index < -0.39 is 5.97 Å². The lowest BCUT2D eigenvalue weighted by atomic mass is 10.1. The third-order valence-corrected chi connectivity index (χ3v) is 3.91. The molecule has 96 valence electrons. The first-order valence-electron chi connectivity index (χ1n) is 6.42. The number of hydrogen-bond acceptors (Lipinski definition) is 4. The van der Waals surface area contributed by atoms with E-state index in [0.29, 0.717) is 6.04 Å². The van der Waals surface area contributed by atoms with Gasteiger partial charge in [0, 0.05) is 31.9 Å². The molecule has 0 amide bonds. The number of aromatic carboxylic acids is 1. The van der Waals surface area contributed by atoms with Crippen molar-refractivity contribution in [3.05, 3.63) is 23.9 Å². The van der Waals surface area contributed by atoms with E-state index in [9.17, 15) is 4.79 Å². The predicted molar refractivity (Wildman–Crippen MR) is 68.0 cm³/mol. The smallest absolute Gasteiger partial charge is 0.337 e. The molecule has 1 aromatic heterocycles. The van der Waals surface area contributed by atoms with E-state index in [4.69, 9.17) is 5.11 Å². The minimum Gasteiger partial charge on any atom is -0.478 e. The van der Waals surface area contributed by atoms with Crippen molar-refractivity contribution in [3.63, 3.8) is 0 Å². The molecule has 1 N–H and O–H groups in total. The number of carboxylic acid groups (broad SMARTS) is 1. The van der Waals surface area contributed by atoms with Crippen LogP contribution in [0, 0.1) is 0 Å². The third-order valence-electron chi connectivity index (χ3n) is 3.91. The average Bonchev–Trinajstić information content (AvgIpc) is 2.86. The molecule has 0 spiro atoms. The maximum absolute atomic E-state index is 10.8. The van der Waals surface area contributed by atoms with Crippen LogP contribution in [0.25, 0.3) is 0 Å². The standard InChI is InChI=1S/C13H17N3O2/c17-13(18)10-3-4-12(14-8-10)16-7-6-15-5-1-2-11(15)9-16/h3-4,8,11H,1-2,5-7,9H2,(H,17,18)/t11-/m0/s1. The lowest BCUT2D eigenvalue weighted by Crippen LogP contribution is -2.50. The van der Waals surface area contributed by atoms with Gasteiger partial charge in [-0.15, -0.1) is 0 Å². The van der Waals surface area contributed by atoms with Crippen LogP contribution in [-0.2, 0) is 0 Å². The number of fused-ring (bicyclic) bond motifs is 1. The molecule has 2 fully saturated rings. The van der Waals surface area contributed by atoms with Crippen molar-refractivity contribution in [1.82, 2.24) is 9.88 Å². The minimum atomic E-state index is -0.922. The van der Waals surface area contributed by atoms with E-state index >= 15 is 0 Å². The van der Waals surface area contributed by atoms with E-state index in [0.717, 1.165) is 25.5 Å². The Morgan fingerprint density at radius 1 is 1.33 bits per heavy atom. The van der Waals surface area contributed by atoms with Crippen LogP contribution < -0.4 is 4.90 Å². The molecule has 0 saturated carbocycles. The highest BCUT2D eigenvalue weighted by Crippen LogP contribution is 2.24. The van der Waals surface area contributed by atoms with Gasteiger partial charge < -0.3 is 10.0 Å². The summed E-state index contributed by atoms with van der Waals surface area (Å²) in [5.41, 5.74) is 0.248. The second kappa shape index (κ2) is 4.57. The number of carbonyl (C=O) groups is 1. The van der Waals surface area contributed by atoms with Gasteiger partial charge in [-0.25, -0.2) is 9.78 Å². The number of nitrogens with zero attached hydrogens (tertiary/aromatic N) is 3. The van der Waals surface area contributed by atoms with Gasteiger partial charge in [-0.2, -0.15) is 0 Å². The molecule has 0 radical (unpaired) electrons. The quantitative estimate of drug-likeness (QED) is 0.847. The van der Waals surface area contributed by atoms with Gasteiger partial charge in [-0.1, -0.05) is 0 Å². The van der Waals surface area contributed by atoms with Gasteiger partial charge in [0.1, 0.15) is 5.82 Å². The molecule has 0 unspecified atom stereocenters. The SMILES string of the molecule is O=C(O)c1ccc(N2CCN3CCC[C@H]3C2)nc1. The number of aromatic nitrogens is 1. The normalized spacial score (nSPS) is 24.0. The highest BCUT2D eigenvalue weighted by Gasteiger charge is 2.30. The number of rotatable bonds is 2. The fourth-order valence-corrected chi connectivity index (χ4v) is 2.90. The zero-order valence-electron chi connectivity index (χ0n) is 10.2. The summed E-state index contributed by atoms with van der Waals surface area (Å²) in [5.74, 6) is -0.0267. The molecule has 1 atom stereocenters.